The van der Waals surface area contributed by atoms with Gasteiger partial charge in [-0.1, -0.05) is 32.4 Å². The van der Waals surface area contributed by atoms with E-state index in [0.29, 0.717) is 41.4 Å². The molecule has 0 saturated heterocycles. The van der Waals surface area contributed by atoms with Crippen LogP contribution >= 0.6 is 11.6 Å². The molecule has 2 aromatic carbocycles. The van der Waals surface area contributed by atoms with Crippen LogP contribution < -0.4 is 39.8 Å². The maximum Gasteiger partial charge on any atom is 1.00 e. The van der Waals surface area contributed by atoms with Crippen molar-refractivity contribution in [3.05, 3.63) is 58.2 Å². The van der Waals surface area contributed by atoms with Gasteiger partial charge in [-0.25, -0.2) is 13.1 Å². The smallest absolute Gasteiger partial charge is 0.748 e. The first-order valence-electron chi connectivity index (χ1n) is 12.9. The minimum atomic E-state index is -4.33. The van der Waals surface area contributed by atoms with E-state index in [9.17, 15) is 28.3 Å². The number of carbonyl (C=O) groups is 1. The van der Waals surface area contributed by atoms with Crippen molar-refractivity contribution >= 4 is 50.5 Å². The fraction of sp³-hybridized carbons (Fsp3) is 0.357. The van der Waals surface area contributed by atoms with E-state index in [2.05, 4.69) is 26.7 Å². The summed E-state index contributed by atoms with van der Waals surface area (Å²) in [5.74, 6) is -0.726. The van der Waals surface area contributed by atoms with Gasteiger partial charge in [-0.15, -0.1) is 10.2 Å². The molecule has 0 radical (unpaired) electrons. The van der Waals surface area contributed by atoms with Crippen molar-refractivity contribution < 1.29 is 47.3 Å². The number of nitriles is 2. The van der Waals surface area contributed by atoms with Crippen molar-refractivity contribution in [2.75, 3.05) is 29.1 Å². The monoisotopic (exact) mass is 632 g/mol. The Kier molecular flexibility index (Phi) is 12.5. The van der Waals surface area contributed by atoms with Crippen LogP contribution in [0.15, 0.2) is 46.6 Å². The molecule has 3 rings (SSSR count). The van der Waals surface area contributed by atoms with E-state index < -0.39 is 21.3 Å². The molecule has 1 amide bonds. The number of rotatable bonds is 10. The summed E-state index contributed by atoms with van der Waals surface area (Å²) in [6.07, 6.45) is 0.144. The van der Waals surface area contributed by atoms with Crippen LogP contribution in [0.5, 0.6) is 0 Å². The minimum Gasteiger partial charge on any atom is -0.748 e. The van der Waals surface area contributed by atoms with E-state index in [1.807, 2.05) is 38.7 Å². The van der Waals surface area contributed by atoms with Gasteiger partial charge in [-0.2, -0.15) is 15.6 Å². The molecule has 0 atom stereocenters. The molecule has 3 aromatic rings. The Hall–Kier alpha value is -3.30. The van der Waals surface area contributed by atoms with Crippen LogP contribution in [0.2, 0.25) is 5.02 Å². The Balaban J connectivity index is 0.00000645. The topological polar surface area (TPSA) is 180 Å². The molecule has 0 saturated carbocycles. The molecule has 0 spiro atoms. The Labute approximate surface area is 278 Å². The fourth-order valence-electron chi connectivity index (χ4n) is 4.15. The summed E-state index contributed by atoms with van der Waals surface area (Å²) in [5.41, 5.74) is 2.16. The van der Waals surface area contributed by atoms with Gasteiger partial charge in [0.2, 0.25) is 5.91 Å². The van der Waals surface area contributed by atoms with Crippen molar-refractivity contribution in [2.45, 2.75) is 46.5 Å². The summed E-state index contributed by atoms with van der Waals surface area (Å²) in [5, 5.41) is 35.7. The molecule has 0 aliphatic carbocycles. The summed E-state index contributed by atoms with van der Waals surface area (Å²) in [4.78, 5) is 13.9. The van der Waals surface area contributed by atoms with Crippen molar-refractivity contribution in [3.8, 4) is 17.8 Å². The fourth-order valence-corrected chi connectivity index (χ4v) is 4.89. The van der Waals surface area contributed by atoms with Crippen LogP contribution in [-0.2, 0) is 20.3 Å². The van der Waals surface area contributed by atoms with Gasteiger partial charge in [0.05, 0.1) is 43.8 Å². The van der Waals surface area contributed by atoms with Crippen molar-refractivity contribution in [3.63, 3.8) is 0 Å². The summed E-state index contributed by atoms with van der Waals surface area (Å²) < 4.78 is 34.5. The number of halogens is 1. The van der Waals surface area contributed by atoms with Crippen LogP contribution in [-0.4, -0.2) is 47.5 Å². The Morgan fingerprint density at radius 1 is 1.16 bits per heavy atom. The molecule has 0 fully saturated rings. The minimum absolute atomic E-state index is 0. The number of azo groups is 1. The van der Waals surface area contributed by atoms with Gasteiger partial charge >= 0.3 is 29.6 Å². The van der Waals surface area contributed by atoms with Gasteiger partial charge < -0.3 is 14.8 Å². The quantitative estimate of drug-likeness (QED) is 0.201. The number of anilines is 2. The Morgan fingerprint density at radius 3 is 2.40 bits per heavy atom. The van der Waals surface area contributed by atoms with Crippen LogP contribution in [0.3, 0.4) is 0 Å². The molecule has 12 nitrogen and oxygen atoms in total. The van der Waals surface area contributed by atoms with Crippen LogP contribution in [0, 0.1) is 22.7 Å². The molecule has 0 unspecified atom stereocenters. The number of hydrogen-bond donors (Lipinski definition) is 1. The molecule has 1 heterocycles. The molecular weight excluding hydrogens is 603 g/mol. The number of aromatic nitrogens is 2. The predicted molar refractivity (Wildman–Crippen MR) is 159 cm³/mol. The van der Waals surface area contributed by atoms with Crippen LogP contribution in [0.1, 0.15) is 57.9 Å². The van der Waals surface area contributed by atoms with Crippen molar-refractivity contribution in [1.82, 2.24) is 9.78 Å². The normalized spacial score (nSPS) is 11.5. The van der Waals surface area contributed by atoms with E-state index in [1.54, 1.807) is 30.3 Å². The molecule has 0 aliphatic heterocycles. The maximum absolute atomic E-state index is 12.0. The molecule has 0 aliphatic rings. The first kappa shape index (κ1) is 35.9. The van der Waals surface area contributed by atoms with Crippen molar-refractivity contribution in [1.29, 1.82) is 10.5 Å². The van der Waals surface area contributed by atoms with Gasteiger partial charge in [0, 0.05) is 36.9 Å². The standard InChI is InChI=1S/C28H31ClN8O4S.Na/c1-6-36(12-7-13-42(39,40)41)20-9-10-23(24(15-20)32-18(2)38)33-34-27-21(17-31)26(28(3,4)5)35-37(27)25-11-8-19(16-30)14-22(25)29;/h8-11,14-15H,6-7,12-13H2,1-5H3,(H,32,38)(H,39,40,41);/q;+1/p-1. The number of hydrogen-bond acceptors (Lipinski definition) is 10. The Morgan fingerprint density at radius 2 is 1.86 bits per heavy atom. The second-order valence-corrected chi connectivity index (χ2v) is 12.3. The zero-order valence-electron chi connectivity index (χ0n) is 24.8. The van der Waals surface area contributed by atoms with E-state index in [0.717, 1.165) is 0 Å². The summed E-state index contributed by atoms with van der Waals surface area (Å²) in [7, 11) is -4.33. The summed E-state index contributed by atoms with van der Waals surface area (Å²) >= 11 is 6.49. The largest absolute Gasteiger partial charge is 1.00 e. The number of carbonyl (C=O) groups excluding carboxylic acids is 1. The van der Waals surface area contributed by atoms with Crippen LogP contribution in [0.4, 0.5) is 22.9 Å². The van der Waals surface area contributed by atoms with Gasteiger partial charge in [0.15, 0.2) is 5.82 Å². The molecule has 15 heteroatoms. The van der Waals surface area contributed by atoms with E-state index >= 15 is 0 Å². The molecule has 1 N–H and O–H groups in total. The molecular formula is C28H30ClN8NaO4S. The third-order valence-electron chi connectivity index (χ3n) is 6.10. The summed E-state index contributed by atoms with van der Waals surface area (Å²) in [6.45, 7) is 9.76. The van der Waals surface area contributed by atoms with E-state index in [4.69, 9.17) is 11.6 Å². The number of nitrogens with one attached hydrogen (secondary N) is 1. The van der Waals surface area contributed by atoms with Gasteiger partial charge in [0.25, 0.3) is 0 Å². The predicted octanol–water partition coefficient (Wildman–Crippen LogP) is 2.71. The zero-order valence-corrected chi connectivity index (χ0v) is 28.4. The van der Waals surface area contributed by atoms with E-state index in [1.165, 1.54) is 17.7 Å². The molecule has 1 aromatic heterocycles. The third kappa shape index (κ3) is 9.34. The zero-order chi connectivity index (χ0) is 31.2. The molecule has 43 heavy (non-hydrogen) atoms. The number of amides is 1. The molecule has 220 valence electrons. The van der Waals surface area contributed by atoms with Crippen molar-refractivity contribution in [2.24, 2.45) is 10.2 Å². The SMILES string of the molecule is CCN(CCCS(=O)(=O)[O-])c1ccc(N=Nc2c(C#N)c(C(C)(C)C)nn2-c2ccc(C#N)cc2Cl)c(NC(C)=O)c1.[Na+]. The molecule has 0 bridgehead atoms. The second-order valence-electron chi connectivity index (χ2n) is 10.4. The number of nitrogens with zero attached hydrogens (tertiary/aromatic N) is 7. The Bertz CT molecular complexity index is 1720. The first-order valence-corrected chi connectivity index (χ1v) is 14.9. The third-order valence-corrected chi connectivity index (χ3v) is 7.19. The second kappa shape index (κ2) is 14.9. The van der Waals surface area contributed by atoms with E-state index in [-0.39, 0.29) is 64.0 Å². The van der Waals surface area contributed by atoms with Gasteiger partial charge in [-0.3, -0.25) is 4.79 Å². The summed E-state index contributed by atoms with van der Waals surface area (Å²) in [6, 6.07) is 13.9. The van der Waals surface area contributed by atoms with Crippen LogP contribution in [0.25, 0.3) is 5.69 Å². The van der Waals surface area contributed by atoms with Gasteiger partial charge in [0.1, 0.15) is 17.3 Å². The first-order chi connectivity index (χ1) is 19.7. The average molecular weight is 633 g/mol. The van der Waals surface area contributed by atoms with Gasteiger partial charge in [-0.05, 0) is 49.7 Å². The average Bonchev–Trinajstić information content (AvgIpc) is 3.28. The maximum atomic E-state index is 12.0. The number of benzene rings is 2.